The molecule has 2 nitrogen and oxygen atoms in total. The maximum absolute atomic E-state index is 5.44. The molecule has 1 aromatic rings. The van der Waals surface area contributed by atoms with Gasteiger partial charge in [-0.15, -0.1) is 11.3 Å². The molecule has 1 atom stereocenters. The average molecular weight is 211 g/mol. The van der Waals surface area contributed by atoms with E-state index in [1.54, 1.807) is 11.3 Å². The topological polar surface area (TPSA) is 21.3 Å². The summed E-state index contributed by atoms with van der Waals surface area (Å²) in [6, 6.07) is 0.603. The molecular formula is C11H17NOS. The fourth-order valence-corrected chi connectivity index (χ4v) is 2.57. The first kappa shape index (κ1) is 9.99. The van der Waals surface area contributed by atoms with Gasteiger partial charge in [0.15, 0.2) is 0 Å². The summed E-state index contributed by atoms with van der Waals surface area (Å²) in [6.07, 6.45) is 3.55. The summed E-state index contributed by atoms with van der Waals surface area (Å²) in [6.45, 7) is 3.99. The summed E-state index contributed by atoms with van der Waals surface area (Å²) in [5, 5.41) is 7.99. The lowest BCUT2D eigenvalue weighted by Crippen LogP contribution is -2.19. The zero-order valence-electron chi connectivity index (χ0n) is 8.58. The van der Waals surface area contributed by atoms with Gasteiger partial charge in [0, 0.05) is 30.3 Å². The van der Waals surface area contributed by atoms with Crippen molar-refractivity contribution in [3.8, 4) is 0 Å². The normalized spacial score (nSPS) is 23.1. The molecule has 0 aromatic carbocycles. The molecule has 0 amide bonds. The number of rotatable bonds is 2. The molecule has 0 saturated carbocycles. The number of thiophene rings is 1. The highest BCUT2D eigenvalue weighted by molar-refractivity contribution is 7.08. The molecule has 14 heavy (non-hydrogen) atoms. The van der Waals surface area contributed by atoms with Gasteiger partial charge >= 0.3 is 0 Å². The smallest absolute Gasteiger partial charge is 0.0485 e. The van der Waals surface area contributed by atoms with E-state index in [2.05, 4.69) is 23.0 Å². The summed E-state index contributed by atoms with van der Waals surface area (Å²) in [5.41, 5.74) is 2.67. The number of nitrogens with one attached hydrogen (secondary N) is 1. The van der Waals surface area contributed by atoms with Crippen LogP contribution in [0.15, 0.2) is 10.8 Å². The van der Waals surface area contributed by atoms with Crippen molar-refractivity contribution in [1.82, 2.24) is 0 Å². The summed E-state index contributed by atoms with van der Waals surface area (Å²) in [4.78, 5) is 0. The molecule has 1 aliphatic rings. The Morgan fingerprint density at radius 1 is 1.36 bits per heavy atom. The molecule has 1 aromatic heterocycles. The highest BCUT2D eigenvalue weighted by Gasteiger charge is 2.12. The summed E-state index contributed by atoms with van der Waals surface area (Å²) in [5.74, 6) is 0. The molecule has 2 rings (SSSR count). The molecular weight excluding hydrogens is 194 g/mol. The average Bonchev–Trinajstić information content (AvgIpc) is 2.44. The van der Waals surface area contributed by atoms with Crippen LogP contribution in [0, 0.1) is 6.92 Å². The number of anilines is 1. The third-order valence-corrected chi connectivity index (χ3v) is 3.53. The van der Waals surface area contributed by atoms with Gasteiger partial charge in [-0.2, -0.15) is 0 Å². The van der Waals surface area contributed by atoms with E-state index < -0.39 is 0 Å². The molecule has 1 unspecified atom stereocenters. The van der Waals surface area contributed by atoms with Crippen LogP contribution in [0.3, 0.4) is 0 Å². The molecule has 3 heteroatoms. The second-order valence-electron chi connectivity index (χ2n) is 3.85. The van der Waals surface area contributed by atoms with Gasteiger partial charge in [-0.05, 0) is 37.1 Å². The first-order valence-corrected chi connectivity index (χ1v) is 6.17. The van der Waals surface area contributed by atoms with E-state index in [4.69, 9.17) is 4.74 Å². The number of ether oxygens (including phenoxy) is 1. The molecule has 0 radical (unpaired) electrons. The monoisotopic (exact) mass is 211 g/mol. The summed E-state index contributed by atoms with van der Waals surface area (Å²) >= 11 is 1.77. The van der Waals surface area contributed by atoms with Gasteiger partial charge < -0.3 is 10.1 Å². The lowest BCUT2D eigenvalue weighted by molar-refractivity contribution is 0.144. The van der Waals surface area contributed by atoms with E-state index >= 15 is 0 Å². The van der Waals surface area contributed by atoms with Crippen molar-refractivity contribution < 1.29 is 4.74 Å². The minimum Gasteiger partial charge on any atom is -0.381 e. The first-order valence-electron chi connectivity index (χ1n) is 5.23. The van der Waals surface area contributed by atoms with E-state index in [0.29, 0.717) is 6.04 Å². The Labute approximate surface area is 89.3 Å². The lowest BCUT2D eigenvalue weighted by atomic mass is 10.1. The second kappa shape index (κ2) is 4.80. The van der Waals surface area contributed by atoms with Crippen LogP contribution in [0.25, 0.3) is 0 Å². The van der Waals surface area contributed by atoms with Gasteiger partial charge in [0.2, 0.25) is 0 Å². The van der Waals surface area contributed by atoms with Crippen LogP contribution in [-0.2, 0) is 4.74 Å². The van der Waals surface area contributed by atoms with Crippen LogP contribution in [0.2, 0.25) is 0 Å². The Hall–Kier alpha value is -0.540. The Bertz CT molecular complexity index is 277. The van der Waals surface area contributed by atoms with Crippen LogP contribution in [0.1, 0.15) is 24.8 Å². The van der Waals surface area contributed by atoms with Gasteiger partial charge in [-0.25, -0.2) is 0 Å². The van der Waals surface area contributed by atoms with Crippen molar-refractivity contribution in [3.05, 3.63) is 16.3 Å². The zero-order valence-corrected chi connectivity index (χ0v) is 9.40. The molecule has 2 heterocycles. The van der Waals surface area contributed by atoms with E-state index in [-0.39, 0.29) is 0 Å². The quantitative estimate of drug-likeness (QED) is 0.812. The van der Waals surface area contributed by atoms with Crippen molar-refractivity contribution in [2.45, 2.75) is 32.2 Å². The second-order valence-corrected chi connectivity index (χ2v) is 4.60. The highest BCUT2D eigenvalue weighted by Crippen LogP contribution is 2.22. The number of hydrogen-bond donors (Lipinski definition) is 1. The fraction of sp³-hybridized carbons (Fsp3) is 0.636. The van der Waals surface area contributed by atoms with Crippen molar-refractivity contribution >= 4 is 17.0 Å². The molecule has 1 saturated heterocycles. The maximum atomic E-state index is 5.44. The fourth-order valence-electron chi connectivity index (χ4n) is 1.78. The molecule has 78 valence electrons. The van der Waals surface area contributed by atoms with Crippen LogP contribution in [-0.4, -0.2) is 19.3 Å². The molecule has 0 aliphatic carbocycles. The first-order chi connectivity index (χ1) is 6.86. The molecule has 0 spiro atoms. The standard InChI is InChI=1S/C11H17NOS/c1-9-7-14-8-11(9)12-10-3-2-5-13-6-4-10/h7-8,10,12H,2-6H2,1H3. The van der Waals surface area contributed by atoms with Crippen molar-refractivity contribution in [1.29, 1.82) is 0 Å². The van der Waals surface area contributed by atoms with Crippen LogP contribution in [0.5, 0.6) is 0 Å². The van der Waals surface area contributed by atoms with E-state index in [1.165, 1.54) is 24.1 Å². The molecule has 1 N–H and O–H groups in total. The minimum absolute atomic E-state index is 0.603. The lowest BCUT2D eigenvalue weighted by Gasteiger charge is -2.16. The van der Waals surface area contributed by atoms with Gasteiger partial charge in [-0.1, -0.05) is 0 Å². The van der Waals surface area contributed by atoms with Gasteiger partial charge in [0.25, 0.3) is 0 Å². The third-order valence-electron chi connectivity index (χ3n) is 2.67. The molecule has 1 aliphatic heterocycles. The summed E-state index contributed by atoms with van der Waals surface area (Å²) in [7, 11) is 0. The Morgan fingerprint density at radius 2 is 2.29 bits per heavy atom. The third kappa shape index (κ3) is 2.49. The van der Waals surface area contributed by atoms with Crippen LogP contribution < -0.4 is 5.32 Å². The maximum Gasteiger partial charge on any atom is 0.0485 e. The SMILES string of the molecule is Cc1cscc1NC1CCCOCC1. The Balaban J connectivity index is 1.92. The van der Waals surface area contributed by atoms with Crippen molar-refractivity contribution in [2.75, 3.05) is 18.5 Å². The minimum atomic E-state index is 0.603. The molecule has 0 bridgehead atoms. The molecule has 1 fully saturated rings. The summed E-state index contributed by atoms with van der Waals surface area (Å²) < 4.78 is 5.44. The van der Waals surface area contributed by atoms with Crippen LogP contribution in [0.4, 0.5) is 5.69 Å². The van der Waals surface area contributed by atoms with E-state index in [0.717, 1.165) is 19.6 Å². The van der Waals surface area contributed by atoms with Gasteiger partial charge in [0.1, 0.15) is 0 Å². The number of aryl methyl sites for hydroxylation is 1. The van der Waals surface area contributed by atoms with Crippen molar-refractivity contribution in [3.63, 3.8) is 0 Å². The predicted octanol–water partition coefficient (Wildman–Crippen LogP) is 3.04. The highest BCUT2D eigenvalue weighted by atomic mass is 32.1. The predicted molar refractivity (Wildman–Crippen MR) is 61.1 cm³/mol. The van der Waals surface area contributed by atoms with Gasteiger partial charge in [0.05, 0.1) is 0 Å². The van der Waals surface area contributed by atoms with Crippen LogP contribution >= 0.6 is 11.3 Å². The van der Waals surface area contributed by atoms with E-state index in [9.17, 15) is 0 Å². The van der Waals surface area contributed by atoms with E-state index in [1.807, 2.05) is 0 Å². The van der Waals surface area contributed by atoms with Crippen molar-refractivity contribution in [2.24, 2.45) is 0 Å². The Kier molecular flexibility index (Phi) is 3.43. The zero-order chi connectivity index (χ0) is 9.80. The Morgan fingerprint density at radius 3 is 3.07 bits per heavy atom. The number of hydrogen-bond acceptors (Lipinski definition) is 3. The van der Waals surface area contributed by atoms with Gasteiger partial charge in [-0.3, -0.25) is 0 Å². The largest absolute Gasteiger partial charge is 0.381 e.